The van der Waals surface area contributed by atoms with Gasteiger partial charge in [-0.25, -0.2) is 4.98 Å². The largest absolute Gasteiger partial charge is 0.435 e. The molecule has 0 aromatic carbocycles. The first-order chi connectivity index (χ1) is 15.1. The van der Waals surface area contributed by atoms with Crippen LogP contribution in [0, 0.1) is 0 Å². The third-order valence-corrected chi connectivity index (χ3v) is 5.06. The first-order valence-corrected chi connectivity index (χ1v) is 9.49. The summed E-state index contributed by atoms with van der Waals surface area (Å²) in [5, 5.41) is 14.5. The molecule has 0 aliphatic rings. The molecule has 0 saturated heterocycles. The van der Waals surface area contributed by atoms with Crippen molar-refractivity contribution in [1.82, 2.24) is 29.6 Å². The number of likely N-dealkylation sites (N-methyl/N-ethyl adjacent to an activating group) is 1. The summed E-state index contributed by atoms with van der Waals surface area (Å²) >= 11 is 0. The van der Waals surface area contributed by atoms with E-state index in [4.69, 9.17) is 0 Å². The molecule has 0 bridgehead atoms. The number of amides is 1. The summed E-state index contributed by atoms with van der Waals surface area (Å²) in [6.45, 7) is 0. The molecule has 0 radical (unpaired) electrons. The number of nitrogens with zero attached hydrogens (tertiary/aromatic N) is 5. The van der Waals surface area contributed by atoms with Crippen molar-refractivity contribution in [2.45, 2.75) is 12.3 Å². The molecule has 0 aliphatic heterocycles. The molecule has 1 atom stereocenters. The highest BCUT2D eigenvalue weighted by Gasteiger charge is 2.35. The quantitative estimate of drug-likeness (QED) is 0.504. The van der Waals surface area contributed by atoms with Gasteiger partial charge in [0.05, 0.1) is 5.69 Å². The average molecular weight is 444 g/mol. The maximum Gasteiger partial charge on any atom is 0.435 e. The van der Waals surface area contributed by atoms with Gasteiger partial charge < -0.3 is 15.0 Å². The van der Waals surface area contributed by atoms with E-state index in [1.54, 1.807) is 30.7 Å². The van der Waals surface area contributed by atoms with Gasteiger partial charge in [-0.05, 0) is 18.2 Å². The van der Waals surface area contributed by atoms with Crippen LogP contribution in [0.2, 0.25) is 0 Å². The van der Waals surface area contributed by atoms with Gasteiger partial charge in [-0.1, -0.05) is 0 Å². The van der Waals surface area contributed by atoms with Gasteiger partial charge in [-0.15, -0.1) is 0 Å². The fourth-order valence-corrected chi connectivity index (χ4v) is 3.38. The van der Waals surface area contributed by atoms with Crippen LogP contribution in [0.5, 0.6) is 0 Å². The molecular weight excluding hydrogens is 425 g/mol. The van der Waals surface area contributed by atoms with Crippen LogP contribution >= 0.6 is 0 Å². The topological polar surface area (TPSA) is 99.9 Å². The Morgan fingerprint density at radius 2 is 1.88 bits per heavy atom. The number of H-pyrrole nitrogens is 1. The standard InChI is InChI=1S/C21H19F3N6O2/c1-29(2)20(32)18(31)13-4-11(7-25-8-13)12-5-14-15(10-27-19(14)26-9-12)16-6-17(21(22,23)24)28-30(16)3/h4-10,18,31H,1-3H3,(H,26,27). The Balaban J connectivity index is 1.77. The van der Waals surface area contributed by atoms with E-state index in [1.807, 2.05) is 0 Å². The molecule has 166 valence electrons. The van der Waals surface area contributed by atoms with Crippen molar-refractivity contribution in [2.24, 2.45) is 7.05 Å². The van der Waals surface area contributed by atoms with Crippen LogP contribution < -0.4 is 0 Å². The molecule has 0 spiro atoms. The lowest BCUT2D eigenvalue weighted by Gasteiger charge is -2.16. The lowest BCUT2D eigenvalue weighted by Crippen LogP contribution is -2.28. The molecule has 4 heterocycles. The second-order valence-corrected chi connectivity index (χ2v) is 7.50. The minimum atomic E-state index is -4.55. The first-order valence-electron chi connectivity index (χ1n) is 9.49. The molecule has 32 heavy (non-hydrogen) atoms. The number of carbonyl (C=O) groups is 1. The van der Waals surface area contributed by atoms with Crippen molar-refractivity contribution in [3.05, 3.63) is 54.2 Å². The van der Waals surface area contributed by atoms with E-state index in [1.165, 1.54) is 36.9 Å². The summed E-state index contributed by atoms with van der Waals surface area (Å²) in [5.74, 6) is -0.484. The number of aliphatic hydroxyl groups is 1. The Hall–Kier alpha value is -3.73. The summed E-state index contributed by atoms with van der Waals surface area (Å²) in [7, 11) is 4.52. The summed E-state index contributed by atoms with van der Waals surface area (Å²) in [6.07, 6.45) is 0.185. The number of hydrogen-bond donors (Lipinski definition) is 2. The van der Waals surface area contributed by atoms with E-state index in [2.05, 4.69) is 20.1 Å². The number of halogens is 3. The number of alkyl halides is 3. The number of rotatable bonds is 4. The lowest BCUT2D eigenvalue weighted by atomic mass is 10.0. The van der Waals surface area contributed by atoms with E-state index in [-0.39, 0.29) is 5.69 Å². The van der Waals surface area contributed by atoms with Crippen molar-refractivity contribution in [3.8, 4) is 22.4 Å². The Kier molecular flexibility index (Phi) is 5.21. The normalized spacial score (nSPS) is 12.8. The number of fused-ring (bicyclic) bond motifs is 1. The number of nitrogens with one attached hydrogen (secondary N) is 1. The van der Waals surface area contributed by atoms with Crippen molar-refractivity contribution in [3.63, 3.8) is 0 Å². The molecule has 0 saturated carbocycles. The Bertz CT molecular complexity index is 1310. The van der Waals surface area contributed by atoms with Gasteiger partial charge in [0.2, 0.25) is 0 Å². The van der Waals surface area contributed by atoms with Crippen LogP contribution in [0.3, 0.4) is 0 Å². The fraction of sp³-hybridized carbons (Fsp3) is 0.238. The predicted molar refractivity (Wildman–Crippen MR) is 110 cm³/mol. The second-order valence-electron chi connectivity index (χ2n) is 7.50. The van der Waals surface area contributed by atoms with E-state index >= 15 is 0 Å². The highest BCUT2D eigenvalue weighted by Crippen LogP contribution is 2.35. The molecule has 4 rings (SSSR count). The smallest absolute Gasteiger partial charge is 0.378 e. The van der Waals surface area contributed by atoms with E-state index in [0.717, 1.165) is 6.07 Å². The Labute approximate surface area is 180 Å². The molecule has 1 amide bonds. The van der Waals surface area contributed by atoms with Crippen LogP contribution in [-0.4, -0.2) is 54.7 Å². The van der Waals surface area contributed by atoms with Crippen molar-refractivity contribution in [2.75, 3.05) is 14.1 Å². The number of aromatic amines is 1. The van der Waals surface area contributed by atoms with Crippen LogP contribution in [0.25, 0.3) is 33.4 Å². The molecule has 0 aliphatic carbocycles. The number of pyridine rings is 2. The Morgan fingerprint density at radius 1 is 1.16 bits per heavy atom. The summed E-state index contributed by atoms with van der Waals surface area (Å²) < 4.78 is 40.4. The summed E-state index contributed by atoms with van der Waals surface area (Å²) in [5.41, 5.74) is 1.83. The molecule has 1 unspecified atom stereocenters. The number of hydrogen-bond acceptors (Lipinski definition) is 5. The minimum absolute atomic E-state index is 0.279. The highest BCUT2D eigenvalue weighted by molar-refractivity contribution is 5.95. The second kappa shape index (κ2) is 7.75. The number of aliphatic hydroxyl groups excluding tert-OH is 1. The minimum Gasteiger partial charge on any atom is -0.378 e. The number of aromatic nitrogens is 5. The van der Waals surface area contributed by atoms with Gasteiger partial charge in [0, 0.05) is 73.6 Å². The zero-order valence-corrected chi connectivity index (χ0v) is 17.3. The summed E-state index contributed by atoms with van der Waals surface area (Å²) in [4.78, 5) is 24.8. The molecule has 4 aromatic heterocycles. The van der Waals surface area contributed by atoms with Gasteiger partial charge in [0.15, 0.2) is 11.8 Å². The van der Waals surface area contributed by atoms with Crippen LogP contribution in [0.15, 0.2) is 43.0 Å². The predicted octanol–water partition coefficient (Wildman–Crippen LogP) is 3.17. The van der Waals surface area contributed by atoms with Gasteiger partial charge in [0.1, 0.15) is 5.65 Å². The van der Waals surface area contributed by atoms with Crippen LogP contribution in [-0.2, 0) is 18.0 Å². The van der Waals surface area contributed by atoms with Crippen LogP contribution in [0.1, 0.15) is 17.4 Å². The van der Waals surface area contributed by atoms with Crippen molar-refractivity contribution >= 4 is 16.9 Å². The van der Waals surface area contributed by atoms with Crippen molar-refractivity contribution in [1.29, 1.82) is 0 Å². The molecule has 8 nitrogen and oxygen atoms in total. The SMILES string of the molecule is CN(C)C(=O)C(O)c1cncc(-c2cnc3[nH]cc(-c4cc(C(F)(F)F)nn4C)c3c2)c1. The first kappa shape index (κ1) is 21.5. The van der Waals surface area contributed by atoms with Crippen LogP contribution in [0.4, 0.5) is 13.2 Å². The number of aryl methyl sites for hydroxylation is 1. The third kappa shape index (κ3) is 3.82. The maximum absolute atomic E-state index is 13.1. The summed E-state index contributed by atoms with van der Waals surface area (Å²) in [6, 6.07) is 4.37. The lowest BCUT2D eigenvalue weighted by molar-refractivity contribution is -0.141. The maximum atomic E-state index is 13.1. The third-order valence-electron chi connectivity index (χ3n) is 5.06. The highest BCUT2D eigenvalue weighted by atomic mass is 19.4. The zero-order chi connectivity index (χ0) is 23.2. The fourth-order valence-electron chi connectivity index (χ4n) is 3.38. The van der Waals surface area contributed by atoms with Gasteiger partial charge >= 0.3 is 6.18 Å². The van der Waals surface area contributed by atoms with E-state index in [0.29, 0.717) is 33.3 Å². The number of carbonyl (C=O) groups excluding carboxylic acids is 1. The van der Waals surface area contributed by atoms with Gasteiger partial charge in [-0.3, -0.25) is 14.5 Å². The van der Waals surface area contributed by atoms with E-state index in [9.17, 15) is 23.1 Å². The van der Waals surface area contributed by atoms with E-state index < -0.39 is 23.9 Å². The van der Waals surface area contributed by atoms with Gasteiger partial charge in [0.25, 0.3) is 5.91 Å². The Morgan fingerprint density at radius 3 is 2.53 bits per heavy atom. The molecular formula is C21H19F3N6O2. The van der Waals surface area contributed by atoms with Gasteiger partial charge in [-0.2, -0.15) is 18.3 Å². The molecule has 11 heteroatoms. The zero-order valence-electron chi connectivity index (χ0n) is 17.3. The van der Waals surface area contributed by atoms with Crippen molar-refractivity contribution < 1.29 is 23.1 Å². The monoisotopic (exact) mass is 444 g/mol. The molecule has 4 aromatic rings. The molecule has 2 N–H and O–H groups in total. The average Bonchev–Trinajstić information content (AvgIpc) is 3.35. The molecule has 0 fully saturated rings.